The molecule has 0 aliphatic carbocycles. The average Bonchev–Trinajstić information content (AvgIpc) is 3.16. The van der Waals surface area contributed by atoms with E-state index in [0.29, 0.717) is 0 Å². The average molecular weight is 743 g/mol. The molecule has 0 amide bonds. The Hall–Kier alpha value is -0.260. The van der Waals surface area contributed by atoms with Crippen LogP contribution in [-0.2, 0) is 0 Å². The summed E-state index contributed by atoms with van der Waals surface area (Å²) in [6.45, 7) is 16.4. The van der Waals surface area contributed by atoms with Gasteiger partial charge in [0.05, 0.1) is 0 Å². The van der Waals surface area contributed by atoms with Crippen LogP contribution in [0, 0.1) is 17.8 Å². The van der Waals surface area contributed by atoms with E-state index in [1.807, 2.05) is 0 Å². The second-order valence-electron chi connectivity index (χ2n) is 18.6. The molecule has 53 heavy (non-hydrogen) atoms. The van der Waals surface area contributed by atoms with Crippen LogP contribution < -0.4 is 0 Å². The predicted octanol–water partition coefficient (Wildman–Crippen LogP) is 20.3. The summed E-state index contributed by atoms with van der Waals surface area (Å²) >= 11 is 0. The summed E-state index contributed by atoms with van der Waals surface area (Å²) in [7, 11) is 0. The maximum atomic E-state index is 4.52. The zero-order valence-corrected chi connectivity index (χ0v) is 38.3. The third-order valence-corrected chi connectivity index (χ3v) is 13.1. The van der Waals surface area contributed by atoms with Gasteiger partial charge in [0.2, 0.25) is 0 Å². The van der Waals surface area contributed by atoms with Crippen LogP contribution in [0.1, 0.15) is 311 Å². The first-order valence-corrected chi connectivity index (χ1v) is 25.7. The van der Waals surface area contributed by atoms with E-state index in [1.165, 1.54) is 276 Å². The Bertz CT molecular complexity index is 664. The summed E-state index contributed by atoms with van der Waals surface area (Å²) in [5, 5.41) is 0. The van der Waals surface area contributed by atoms with Crippen molar-refractivity contribution in [2.45, 2.75) is 311 Å². The first-order chi connectivity index (χ1) is 26.1. The fourth-order valence-corrected chi connectivity index (χ4v) is 9.07. The topological polar surface area (TPSA) is 0 Å². The van der Waals surface area contributed by atoms with E-state index in [2.05, 4.69) is 41.2 Å². The normalized spacial score (nSPS) is 12.9. The molecule has 0 N–H and O–H groups in total. The minimum absolute atomic E-state index is 0.942. The Labute approximate surface area is 339 Å². The van der Waals surface area contributed by atoms with E-state index in [4.69, 9.17) is 0 Å². The van der Waals surface area contributed by atoms with Crippen LogP contribution in [0.25, 0.3) is 0 Å². The quantitative estimate of drug-likeness (QED) is 0.0430. The van der Waals surface area contributed by atoms with Crippen molar-refractivity contribution >= 4 is 0 Å². The summed E-state index contributed by atoms with van der Waals surface area (Å²) in [4.78, 5) is 0. The zero-order chi connectivity index (χ0) is 38.7. The lowest BCUT2D eigenvalue weighted by Crippen LogP contribution is -2.02. The van der Waals surface area contributed by atoms with Crippen LogP contribution in [0.3, 0.4) is 0 Å². The number of allylic oxidation sites excluding steroid dienone is 1. The van der Waals surface area contributed by atoms with Crippen LogP contribution in [0.4, 0.5) is 0 Å². The molecular formula is C53H106. The minimum atomic E-state index is 0.942. The molecule has 0 fully saturated rings. The van der Waals surface area contributed by atoms with Gasteiger partial charge in [-0.2, -0.15) is 0 Å². The van der Waals surface area contributed by atoms with E-state index < -0.39 is 0 Å². The molecule has 0 bridgehead atoms. The Balaban J connectivity index is 3.71. The zero-order valence-electron chi connectivity index (χ0n) is 38.3. The molecule has 2 atom stereocenters. The van der Waals surface area contributed by atoms with Crippen molar-refractivity contribution in [3.05, 3.63) is 12.2 Å². The van der Waals surface area contributed by atoms with Gasteiger partial charge in [0, 0.05) is 0 Å². The van der Waals surface area contributed by atoms with E-state index in [0.717, 1.165) is 17.8 Å². The molecule has 0 radical (unpaired) electrons. The molecule has 0 heteroatoms. The van der Waals surface area contributed by atoms with Crippen LogP contribution >= 0.6 is 0 Å². The smallest absolute Gasteiger partial charge is 0.0320 e. The Morgan fingerprint density at radius 3 is 0.868 bits per heavy atom. The van der Waals surface area contributed by atoms with E-state index in [1.54, 1.807) is 5.57 Å². The Kier molecular flexibility index (Phi) is 44.2. The second-order valence-corrected chi connectivity index (χ2v) is 18.6. The van der Waals surface area contributed by atoms with Crippen molar-refractivity contribution in [1.82, 2.24) is 0 Å². The Morgan fingerprint density at radius 1 is 0.283 bits per heavy atom. The van der Waals surface area contributed by atoms with Crippen molar-refractivity contribution in [3.8, 4) is 0 Å². The molecule has 0 spiro atoms. The molecule has 0 rings (SSSR count). The molecule has 0 aliphatic heterocycles. The van der Waals surface area contributed by atoms with Crippen LogP contribution in [0.15, 0.2) is 12.2 Å². The summed E-state index contributed by atoms with van der Waals surface area (Å²) in [5.74, 6) is 2.93. The summed E-state index contributed by atoms with van der Waals surface area (Å²) in [5.41, 5.74) is 1.55. The van der Waals surface area contributed by atoms with Gasteiger partial charge in [0.1, 0.15) is 0 Å². The van der Waals surface area contributed by atoms with Crippen LogP contribution in [0.5, 0.6) is 0 Å². The number of hydrogen-bond donors (Lipinski definition) is 0. The van der Waals surface area contributed by atoms with Gasteiger partial charge < -0.3 is 0 Å². The van der Waals surface area contributed by atoms with E-state index >= 15 is 0 Å². The molecule has 0 aromatic carbocycles. The number of rotatable bonds is 46. The third-order valence-electron chi connectivity index (χ3n) is 13.1. The van der Waals surface area contributed by atoms with Crippen molar-refractivity contribution in [2.24, 2.45) is 17.8 Å². The van der Waals surface area contributed by atoms with Gasteiger partial charge in [-0.15, -0.1) is 0 Å². The molecule has 0 heterocycles. The molecular weight excluding hydrogens is 637 g/mol. The highest BCUT2D eigenvalue weighted by Gasteiger charge is 2.11. The summed E-state index contributed by atoms with van der Waals surface area (Å²) < 4.78 is 0. The van der Waals surface area contributed by atoms with Gasteiger partial charge in [-0.3, -0.25) is 0 Å². The van der Waals surface area contributed by atoms with Crippen molar-refractivity contribution in [2.75, 3.05) is 0 Å². The fraction of sp³-hybridized carbons (Fsp3) is 0.962. The van der Waals surface area contributed by atoms with Crippen LogP contribution in [-0.4, -0.2) is 0 Å². The van der Waals surface area contributed by atoms with Gasteiger partial charge in [-0.1, -0.05) is 297 Å². The van der Waals surface area contributed by atoms with Crippen molar-refractivity contribution < 1.29 is 0 Å². The molecule has 0 nitrogen and oxygen atoms in total. The molecule has 0 saturated heterocycles. The number of hydrogen-bond acceptors (Lipinski definition) is 0. The first-order valence-electron chi connectivity index (χ1n) is 25.7. The standard InChI is InChI=1S/C53H106/c1-7-11-15-19-30-39-47-53(46-37-18-14-10-4)49-48-51(6)42-34-29-26-25-28-33-41-50(5)40-32-27-23-21-20-22-24-31-38-45-52(43-35-16-12-8-2)44-36-17-13-9-3/h50,52-53H,6-49H2,1-5H3. The maximum Gasteiger partial charge on any atom is -0.0320 e. The lowest BCUT2D eigenvalue weighted by molar-refractivity contribution is 0.367. The third kappa shape index (κ3) is 41.2. The molecule has 0 aromatic heterocycles. The van der Waals surface area contributed by atoms with Crippen molar-refractivity contribution in [1.29, 1.82) is 0 Å². The first kappa shape index (κ1) is 52.7. The highest BCUT2D eigenvalue weighted by Crippen LogP contribution is 2.27. The molecule has 0 aliphatic rings. The number of unbranched alkanes of at least 4 members (excludes halogenated alkanes) is 27. The lowest BCUT2D eigenvalue weighted by atomic mass is 9.88. The van der Waals surface area contributed by atoms with Crippen LogP contribution in [0.2, 0.25) is 0 Å². The predicted molar refractivity (Wildman–Crippen MR) is 247 cm³/mol. The van der Waals surface area contributed by atoms with E-state index in [-0.39, 0.29) is 0 Å². The summed E-state index contributed by atoms with van der Waals surface area (Å²) in [6.07, 6.45) is 62.3. The molecule has 2 unspecified atom stereocenters. The SMILES string of the molecule is C=C(CCCCCCCCC(C)CCCCCCCCCCCC(CCCCCC)CCCCCC)CCC(CCCCCC)CCCCCCCC. The second kappa shape index (κ2) is 44.5. The van der Waals surface area contributed by atoms with Gasteiger partial charge >= 0.3 is 0 Å². The minimum Gasteiger partial charge on any atom is -0.0999 e. The molecule has 0 aromatic rings. The van der Waals surface area contributed by atoms with Gasteiger partial charge in [-0.05, 0) is 43.4 Å². The van der Waals surface area contributed by atoms with Gasteiger partial charge in [0.15, 0.2) is 0 Å². The summed E-state index contributed by atoms with van der Waals surface area (Å²) in [6, 6.07) is 0. The molecule has 0 saturated carbocycles. The maximum absolute atomic E-state index is 4.52. The largest absolute Gasteiger partial charge is 0.0999 e. The Morgan fingerprint density at radius 2 is 0.528 bits per heavy atom. The lowest BCUT2D eigenvalue weighted by Gasteiger charge is -2.18. The van der Waals surface area contributed by atoms with Gasteiger partial charge in [-0.25, -0.2) is 0 Å². The highest BCUT2D eigenvalue weighted by molar-refractivity contribution is 4.94. The highest BCUT2D eigenvalue weighted by atomic mass is 14.2. The monoisotopic (exact) mass is 743 g/mol. The van der Waals surface area contributed by atoms with Crippen molar-refractivity contribution in [3.63, 3.8) is 0 Å². The molecule has 318 valence electrons. The fourth-order valence-electron chi connectivity index (χ4n) is 9.07. The van der Waals surface area contributed by atoms with Gasteiger partial charge in [0.25, 0.3) is 0 Å². The van der Waals surface area contributed by atoms with E-state index in [9.17, 15) is 0 Å².